The quantitative estimate of drug-likeness (QED) is 0.242. The van der Waals surface area contributed by atoms with Gasteiger partial charge < -0.3 is 39.2 Å². The van der Waals surface area contributed by atoms with Crippen LogP contribution in [0.5, 0.6) is 23.0 Å². The van der Waals surface area contributed by atoms with E-state index in [9.17, 15) is 0 Å². The molecular weight excluding hydrogens is 470 g/mol. The summed E-state index contributed by atoms with van der Waals surface area (Å²) in [6.07, 6.45) is 1.87. The largest absolute Gasteiger partial charge is 0.497 e. The molecule has 10 nitrogen and oxygen atoms in total. The molecule has 1 atom stereocenters. The number of ether oxygens (including phenoxy) is 5. The fourth-order valence-corrected chi connectivity index (χ4v) is 3.23. The van der Waals surface area contributed by atoms with Gasteiger partial charge in [0.05, 0.1) is 26.9 Å². The van der Waals surface area contributed by atoms with Gasteiger partial charge in [-0.2, -0.15) is 0 Å². The van der Waals surface area contributed by atoms with E-state index in [-0.39, 0.29) is 6.10 Å². The Morgan fingerprint density at radius 3 is 2.08 bits per heavy atom. The van der Waals surface area contributed by atoms with Gasteiger partial charge in [-0.05, 0) is 57.5 Å². The zero-order valence-electron chi connectivity index (χ0n) is 21.3. The highest BCUT2D eigenvalue weighted by Crippen LogP contribution is 2.33. The van der Waals surface area contributed by atoms with Crippen molar-refractivity contribution in [1.82, 2.24) is 5.32 Å². The van der Waals surface area contributed by atoms with E-state index in [0.717, 1.165) is 54.5 Å². The second-order valence-electron chi connectivity index (χ2n) is 7.28. The number of nitrogens with one attached hydrogen (secondary N) is 1. The van der Waals surface area contributed by atoms with Crippen molar-refractivity contribution >= 4 is 11.9 Å². The van der Waals surface area contributed by atoms with Crippen molar-refractivity contribution < 1.29 is 43.5 Å². The smallest absolute Gasteiger partial charge is 0.414 e. The van der Waals surface area contributed by atoms with Crippen LogP contribution in [0.15, 0.2) is 42.5 Å². The van der Waals surface area contributed by atoms with E-state index >= 15 is 0 Å². The first-order valence-corrected chi connectivity index (χ1v) is 11.7. The van der Waals surface area contributed by atoms with Gasteiger partial charge in [0, 0.05) is 24.8 Å². The zero-order valence-corrected chi connectivity index (χ0v) is 21.3. The van der Waals surface area contributed by atoms with Crippen LogP contribution in [0.1, 0.15) is 38.4 Å². The topological polar surface area (TPSA) is 133 Å². The van der Waals surface area contributed by atoms with E-state index in [2.05, 4.69) is 5.32 Å². The summed E-state index contributed by atoms with van der Waals surface area (Å²) < 4.78 is 28.2. The van der Waals surface area contributed by atoms with Crippen LogP contribution in [0.3, 0.4) is 0 Å². The summed E-state index contributed by atoms with van der Waals surface area (Å²) in [6, 6.07) is 13.6. The van der Waals surface area contributed by atoms with Gasteiger partial charge in [-0.1, -0.05) is 12.1 Å². The number of para-hydroxylation sites is 2. The lowest BCUT2D eigenvalue weighted by molar-refractivity contribution is -0.159. The molecule has 0 aromatic heterocycles. The fraction of sp³-hybridized carbons (Fsp3) is 0.462. The van der Waals surface area contributed by atoms with Crippen molar-refractivity contribution in [3.05, 3.63) is 48.0 Å². The molecule has 0 aliphatic carbocycles. The molecule has 0 bridgehead atoms. The van der Waals surface area contributed by atoms with Crippen LogP contribution < -0.4 is 24.3 Å². The van der Waals surface area contributed by atoms with Gasteiger partial charge in [0.25, 0.3) is 0 Å². The third-order valence-electron chi connectivity index (χ3n) is 4.84. The van der Waals surface area contributed by atoms with Gasteiger partial charge in [0.15, 0.2) is 11.5 Å². The number of rotatable bonds is 15. The highest BCUT2D eigenvalue weighted by atomic mass is 16.5. The minimum atomic E-state index is -1.82. The standard InChI is InChI=1S/C24H35NO5.C2H2O4/c1-5-28-21(20-14-13-19(26-3)18-24(20)27-4)12-9-15-25-16-17-30-23-11-8-7-10-22(23)29-6-2;3-1(4)2(5)6/h7-8,10-11,13-14,18,21,25H,5-6,9,12,15-17H2,1-4H3;(H,3,4)(H,5,6). The lowest BCUT2D eigenvalue weighted by Gasteiger charge is -2.20. The SMILES string of the molecule is CCOc1ccccc1OCCNCCCC(OCC)c1ccc(OC)cc1OC.O=C(O)C(=O)O. The van der Waals surface area contributed by atoms with Gasteiger partial charge in [-0.15, -0.1) is 0 Å². The molecule has 0 spiro atoms. The van der Waals surface area contributed by atoms with Gasteiger partial charge in [-0.3, -0.25) is 0 Å². The first-order chi connectivity index (χ1) is 17.4. The van der Waals surface area contributed by atoms with Gasteiger partial charge in [0.1, 0.15) is 18.1 Å². The first-order valence-electron chi connectivity index (χ1n) is 11.7. The Balaban J connectivity index is 0.000000960. The third kappa shape index (κ3) is 11.3. The van der Waals surface area contributed by atoms with Gasteiger partial charge in [0.2, 0.25) is 0 Å². The van der Waals surface area contributed by atoms with Crippen molar-refractivity contribution in [2.75, 3.05) is 47.1 Å². The Morgan fingerprint density at radius 1 is 0.861 bits per heavy atom. The molecule has 0 amide bonds. The number of aliphatic carboxylic acids is 2. The van der Waals surface area contributed by atoms with E-state index in [1.54, 1.807) is 14.2 Å². The van der Waals surface area contributed by atoms with Crippen LogP contribution in [0.2, 0.25) is 0 Å². The maximum atomic E-state index is 9.10. The van der Waals surface area contributed by atoms with Crippen LogP contribution in [0.25, 0.3) is 0 Å². The van der Waals surface area contributed by atoms with Crippen molar-refractivity contribution in [1.29, 1.82) is 0 Å². The van der Waals surface area contributed by atoms with Crippen LogP contribution in [-0.4, -0.2) is 69.3 Å². The molecule has 0 saturated heterocycles. The highest BCUT2D eigenvalue weighted by Gasteiger charge is 2.17. The van der Waals surface area contributed by atoms with E-state index < -0.39 is 11.9 Å². The maximum Gasteiger partial charge on any atom is 0.414 e. The summed E-state index contributed by atoms with van der Waals surface area (Å²) in [5.74, 6) is -0.511. The number of benzene rings is 2. The summed E-state index contributed by atoms with van der Waals surface area (Å²) in [7, 11) is 3.33. The first kappa shape index (κ1) is 30.5. The van der Waals surface area contributed by atoms with E-state index in [0.29, 0.717) is 19.8 Å². The van der Waals surface area contributed by atoms with Gasteiger partial charge >= 0.3 is 11.9 Å². The van der Waals surface area contributed by atoms with Crippen LogP contribution in [-0.2, 0) is 14.3 Å². The maximum absolute atomic E-state index is 9.10. The highest BCUT2D eigenvalue weighted by molar-refractivity contribution is 6.27. The average Bonchev–Trinajstić information content (AvgIpc) is 2.88. The molecular formula is C26H37NO9. The number of methoxy groups -OCH3 is 2. The number of hydrogen-bond donors (Lipinski definition) is 3. The summed E-state index contributed by atoms with van der Waals surface area (Å²) in [5.41, 5.74) is 1.05. The molecule has 0 fully saturated rings. The van der Waals surface area contributed by atoms with Crippen LogP contribution >= 0.6 is 0 Å². The predicted octanol–water partition coefficient (Wildman–Crippen LogP) is 3.78. The fourth-order valence-electron chi connectivity index (χ4n) is 3.23. The average molecular weight is 508 g/mol. The monoisotopic (exact) mass is 507 g/mol. The van der Waals surface area contributed by atoms with Gasteiger partial charge in [-0.25, -0.2) is 9.59 Å². The van der Waals surface area contributed by atoms with E-state index in [1.165, 1.54) is 0 Å². The Labute approximate surface area is 212 Å². The number of carbonyl (C=O) groups is 2. The second kappa shape index (κ2) is 17.9. The third-order valence-corrected chi connectivity index (χ3v) is 4.84. The molecule has 0 saturated carbocycles. The Kier molecular flexibility index (Phi) is 15.2. The molecule has 2 aromatic carbocycles. The summed E-state index contributed by atoms with van der Waals surface area (Å²) in [5, 5.41) is 18.2. The summed E-state index contributed by atoms with van der Waals surface area (Å²) in [6.45, 7) is 7.50. The van der Waals surface area contributed by atoms with E-state index in [4.69, 9.17) is 43.5 Å². The Bertz CT molecular complexity index is 908. The molecule has 0 aliphatic rings. The molecule has 0 aliphatic heterocycles. The van der Waals surface area contributed by atoms with Crippen LogP contribution in [0, 0.1) is 0 Å². The minimum absolute atomic E-state index is 0.00743. The molecule has 200 valence electrons. The molecule has 10 heteroatoms. The molecule has 2 aromatic rings. The number of carboxylic acid groups (broad SMARTS) is 2. The zero-order chi connectivity index (χ0) is 26.8. The van der Waals surface area contributed by atoms with Crippen molar-refractivity contribution in [3.8, 4) is 23.0 Å². The molecule has 2 rings (SSSR count). The lowest BCUT2D eigenvalue weighted by Crippen LogP contribution is -2.22. The second-order valence-corrected chi connectivity index (χ2v) is 7.28. The Morgan fingerprint density at radius 2 is 1.53 bits per heavy atom. The predicted molar refractivity (Wildman–Crippen MR) is 134 cm³/mol. The molecule has 36 heavy (non-hydrogen) atoms. The lowest BCUT2D eigenvalue weighted by atomic mass is 10.0. The van der Waals surface area contributed by atoms with Crippen molar-refractivity contribution in [3.63, 3.8) is 0 Å². The molecule has 0 heterocycles. The van der Waals surface area contributed by atoms with E-state index in [1.807, 2.05) is 56.3 Å². The molecule has 0 radical (unpaired) electrons. The number of carboxylic acids is 2. The summed E-state index contributed by atoms with van der Waals surface area (Å²) in [4.78, 5) is 18.2. The van der Waals surface area contributed by atoms with Crippen molar-refractivity contribution in [2.45, 2.75) is 32.8 Å². The normalized spacial score (nSPS) is 11.0. The molecule has 3 N–H and O–H groups in total. The van der Waals surface area contributed by atoms with Crippen molar-refractivity contribution in [2.24, 2.45) is 0 Å². The Hall–Kier alpha value is -3.50. The minimum Gasteiger partial charge on any atom is -0.497 e. The van der Waals surface area contributed by atoms with Crippen LogP contribution in [0.4, 0.5) is 0 Å². The number of hydrogen-bond acceptors (Lipinski definition) is 8. The molecule has 1 unspecified atom stereocenters. The summed E-state index contributed by atoms with van der Waals surface area (Å²) >= 11 is 0.